The van der Waals surface area contributed by atoms with Crippen LogP contribution in [0.3, 0.4) is 0 Å². The molecule has 4 nitrogen and oxygen atoms in total. The summed E-state index contributed by atoms with van der Waals surface area (Å²) in [6.45, 7) is 1.10. The van der Waals surface area contributed by atoms with Crippen LogP contribution in [0.2, 0.25) is 0 Å². The fraction of sp³-hybridized carbons (Fsp3) is 0.714. The van der Waals surface area contributed by atoms with Crippen LogP contribution in [-0.4, -0.2) is 27.5 Å². The van der Waals surface area contributed by atoms with Crippen LogP contribution in [0.1, 0.15) is 49.4 Å². The van der Waals surface area contributed by atoms with Crippen LogP contribution in [0.4, 0.5) is 13.2 Å². The van der Waals surface area contributed by atoms with Crippen molar-refractivity contribution in [3.8, 4) is 0 Å². The predicted octanol–water partition coefficient (Wildman–Crippen LogP) is 2.80. The SMILES string of the molecule is FC(F)(F)c1cc(C2CC2)n(CCCNC(=S)NC2CC2)n1. The Morgan fingerprint density at radius 2 is 2.05 bits per heavy atom. The third-order valence-electron chi connectivity index (χ3n) is 3.84. The van der Waals surface area contributed by atoms with Gasteiger partial charge in [-0.1, -0.05) is 0 Å². The van der Waals surface area contributed by atoms with Crippen molar-refractivity contribution in [3.63, 3.8) is 0 Å². The molecule has 1 aromatic heterocycles. The van der Waals surface area contributed by atoms with Gasteiger partial charge in [-0.3, -0.25) is 4.68 Å². The first-order valence-electron chi connectivity index (χ1n) is 7.63. The van der Waals surface area contributed by atoms with Crippen molar-refractivity contribution >= 4 is 17.3 Å². The van der Waals surface area contributed by atoms with E-state index in [0.717, 1.165) is 25.7 Å². The summed E-state index contributed by atoms with van der Waals surface area (Å²) in [5.74, 6) is 0.245. The van der Waals surface area contributed by atoms with Crippen molar-refractivity contribution in [3.05, 3.63) is 17.5 Å². The molecular formula is C14H19F3N4S. The van der Waals surface area contributed by atoms with Crippen molar-refractivity contribution in [1.29, 1.82) is 0 Å². The minimum atomic E-state index is -4.37. The fourth-order valence-corrected chi connectivity index (χ4v) is 2.62. The average molecular weight is 332 g/mol. The summed E-state index contributed by atoms with van der Waals surface area (Å²) in [4.78, 5) is 0. The lowest BCUT2D eigenvalue weighted by Crippen LogP contribution is -2.37. The molecule has 1 heterocycles. The summed E-state index contributed by atoms with van der Waals surface area (Å²) in [6, 6.07) is 1.70. The van der Waals surface area contributed by atoms with Gasteiger partial charge in [-0.15, -0.1) is 0 Å². The Morgan fingerprint density at radius 3 is 2.64 bits per heavy atom. The van der Waals surface area contributed by atoms with Gasteiger partial charge in [0, 0.05) is 30.7 Å². The molecule has 0 saturated heterocycles. The molecule has 0 spiro atoms. The summed E-state index contributed by atoms with van der Waals surface area (Å²) in [7, 11) is 0. The van der Waals surface area contributed by atoms with E-state index < -0.39 is 11.9 Å². The van der Waals surface area contributed by atoms with Crippen molar-refractivity contribution < 1.29 is 13.2 Å². The van der Waals surface area contributed by atoms with Gasteiger partial charge in [0.2, 0.25) is 0 Å². The van der Waals surface area contributed by atoms with Gasteiger partial charge in [0.1, 0.15) is 0 Å². The summed E-state index contributed by atoms with van der Waals surface area (Å²) < 4.78 is 39.8. The minimum Gasteiger partial charge on any atom is -0.363 e. The van der Waals surface area contributed by atoms with Crippen LogP contribution in [-0.2, 0) is 12.7 Å². The van der Waals surface area contributed by atoms with Crippen LogP contribution in [0.5, 0.6) is 0 Å². The fourth-order valence-electron chi connectivity index (χ4n) is 2.35. The molecule has 0 radical (unpaired) electrons. The highest BCUT2D eigenvalue weighted by molar-refractivity contribution is 7.80. The van der Waals surface area contributed by atoms with E-state index >= 15 is 0 Å². The topological polar surface area (TPSA) is 41.9 Å². The van der Waals surface area contributed by atoms with E-state index in [2.05, 4.69) is 15.7 Å². The zero-order chi connectivity index (χ0) is 15.7. The highest BCUT2D eigenvalue weighted by atomic mass is 32.1. The number of hydrogen-bond acceptors (Lipinski definition) is 2. The molecule has 0 atom stereocenters. The van der Waals surface area contributed by atoms with E-state index in [-0.39, 0.29) is 5.92 Å². The lowest BCUT2D eigenvalue weighted by molar-refractivity contribution is -0.141. The molecule has 2 N–H and O–H groups in total. The number of nitrogens with one attached hydrogen (secondary N) is 2. The lowest BCUT2D eigenvalue weighted by Gasteiger charge is -2.10. The third kappa shape index (κ3) is 4.12. The molecule has 2 saturated carbocycles. The Labute approximate surface area is 132 Å². The van der Waals surface area contributed by atoms with E-state index in [1.54, 1.807) is 0 Å². The van der Waals surface area contributed by atoms with Crippen molar-refractivity contribution in [2.24, 2.45) is 0 Å². The lowest BCUT2D eigenvalue weighted by atomic mass is 10.2. The normalized spacial score (nSPS) is 18.3. The summed E-state index contributed by atoms with van der Waals surface area (Å²) in [5, 5.41) is 10.6. The molecular weight excluding hydrogens is 313 g/mol. The number of aromatic nitrogens is 2. The molecule has 0 aliphatic heterocycles. The first-order valence-corrected chi connectivity index (χ1v) is 8.03. The van der Waals surface area contributed by atoms with Crippen LogP contribution in [0, 0.1) is 0 Å². The maximum atomic E-state index is 12.8. The molecule has 3 rings (SSSR count). The van der Waals surface area contributed by atoms with E-state index in [1.165, 1.54) is 10.7 Å². The van der Waals surface area contributed by atoms with E-state index in [1.807, 2.05) is 0 Å². The van der Waals surface area contributed by atoms with Gasteiger partial charge in [-0.05, 0) is 50.4 Å². The van der Waals surface area contributed by atoms with Crippen LogP contribution in [0.15, 0.2) is 6.07 Å². The second kappa shape index (κ2) is 6.06. The van der Waals surface area contributed by atoms with Gasteiger partial charge in [0.05, 0.1) is 0 Å². The molecule has 0 unspecified atom stereocenters. The van der Waals surface area contributed by atoms with E-state index in [4.69, 9.17) is 12.2 Å². The molecule has 2 fully saturated rings. The molecule has 0 amide bonds. The van der Waals surface area contributed by atoms with Crippen LogP contribution >= 0.6 is 12.2 Å². The third-order valence-corrected chi connectivity index (χ3v) is 4.10. The predicted molar refractivity (Wildman–Crippen MR) is 80.6 cm³/mol. The van der Waals surface area contributed by atoms with Crippen LogP contribution < -0.4 is 10.6 Å². The quantitative estimate of drug-likeness (QED) is 0.621. The van der Waals surface area contributed by atoms with Gasteiger partial charge >= 0.3 is 6.18 Å². The highest BCUT2D eigenvalue weighted by Crippen LogP contribution is 2.42. The number of nitrogens with zero attached hydrogens (tertiary/aromatic N) is 2. The first kappa shape index (κ1) is 15.6. The Morgan fingerprint density at radius 1 is 1.32 bits per heavy atom. The Hall–Kier alpha value is -1.31. The molecule has 122 valence electrons. The molecule has 0 bridgehead atoms. The summed E-state index contributed by atoms with van der Waals surface area (Å²) >= 11 is 5.14. The largest absolute Gasteiger partial charge is 0.435 e. The van der Waals surface area contributed by atoms with Crippen molar-refractivity contribution in [1.82, 2.24) is 20.4 Å². The van der Waals surface area contributed by atoms with Gasteiger partial charge in [0.15, 0.2) is 10.8 Å². The van der Waals surface area contributed by atoms with Gasteiger partial charge in [0.25, 0.3) is 0 Å². The van der Waals surface area contributed by atoms with Crippen LogP contribution in [0.25, 0.3) is 0 Å². The zero-order valence-corrected chi connectivity index (χ0v) is 12.9. The highest BCUT2D eigenvalue weighted by Gasteiger charge is 2.37. The Balaban J connectivity index is 1.50. The number of rotatable bonds is 6. The minimum absolute atomic E-state index is 0.245. The van der Waals surface area contributed by atoms with E-state index in [0.29, 0.717) is 36.4 Å². The molecule has 2 aliphatic carbocycles. The number of aryl methyl sites for hydroxylation is 1. The molecule has 22 heavy (non-hydrogen) atoms. The van der Waals surface area contributed by atoms with E-state index in [9.17, 15) is 13.2 Å². The maximum absolute atomic E-state index is 12.8. The maximum Gasteiger partial charge on any atom is 0.435 e. The van der Waals surface area contributed by atoms with Gasteiger partial charge < -0.3 is 10.6 Å². The summed E-state index contributed by atoms with van der Waals surface area (Å²) in [5.41, 5.74) is -0.0701. The second-order valence-corrected chi connectivity index (χ2v) is 6.39. The number of hydrogen-bond donors (Lipinski definition) is 2. The zero-order valence-electron chi connectivity index (χ0n) is 12.1. The molecule has 0 aromatic carbocycles. The number of thiocarbonyl (C=S) groups is 1. The number of halogens is 3. The number of alkyl halides is 3. The smallest absolute Gasteiger partial charge is 0.363 e. The van der Waals surface area contributed by atoms with Gasteiger partial charge in [-0.2, -0.15) is 18.3 Å². The average Bonchev–Trinajstić information content (AvgIpc) is 3.35. The Bertz CT molecular complexity index is 547. The molecule has 2 aliphatic rings. The monoisotopic (exact) mass is 332 g/mol. The molecule has 1 aromatic rings. The first-order chi connectivity index (χ1) is 10.4. The standard InChI is InChI=1S/C14H19F3N4S/c15-14(16,17)12-8-11(9-2-3-9)21(20-12)7-1-6-18-13(22)19-10-4-5-10/h8-10H,1-7H2,(H2,18,19,22). The second-order valence-electron chi connectivity index (χ2n) is 5.98. The van der Waals surface area contributed by atoms with Gasteiger partial charge in [-0.25, -0.2) is 0 Å². The molecule has 8 heteroatoms. The Kier molecular flexibility index (Phi) is 4.29. The summed E-state index contributed by atoms with van der Waals surface area (Å²) in [6.07, 6.45) is 0.529. The van der Waals surface area contributed by atoms with Crippen molar-refractivity contribution in [2.45, 2.75) is 56.8 Å². The van der Waals surface area contributed by atoms with Crippen molar-refractivity contribution in [2.75, 3.05) is 6.54 Å².